The number of allylic oxidation sites excluding steroid dienone is 1. The van der Waals surface area contributed by atoms with Gasteiger partial charge in [0, 0.05) is 0 Å². The first kappa shape index (κ1) is 14.8. The van der Waals surface area contributed by atoms with E-state index in [9.17, 15) is 0 Å². The van der Waals surface area contributed by atoms with E-state index in [-0.39, 0.29) is 0 Å². The summed E-state index contributed by atoms with van der Waals surface area (Å²) in [5, 5.41) is 0. The molecule has 0 N–H and O–H groups in total. The molecule has 0 aromatic carbocycles. The van der Waals surface area contributed by atoms with Gasteiger partial charge in [0.05, 0.1) is 0 Å². The fraction of sp³-hybridized carbons (Fsp3) is 0.857. The number of hydrogen-bond donors (Lipinski definition) is 0. The number of rotatable bonds is 11. The lowest BCUT2D eigenvalue weighted by Crippen LogP contribution is -1.99. The van der Waals surface area contributed by atoms with Crippen molar-refractivity contribution >= 4 is 7.28 Å². The van der Waals surface area contributed by atoms with Crippen molar-refractivity contribution in [2.75, 3.05) is 0 Å². The van der Waals surface area contributed by atoms with Crippen molar-refractivity contribution in [1.29, 1.82) is 0 Å². The van der Waals surface area contributed by atoms with Crippen LogP contribution in [-0.2, 0) is 0 Å². The minimum absolute atomic E-state index is 0.870. The van der Waals surface area contributed by atoms with E-state index in [4.69, 9.17) is 0 Å². The minimum atomic E-state index is 0.870. The molecule has 0 rings (SSSR count). The second-order valence-corrected chi connectivity index (χ2v) is 4.51. The highest BCUT2D eigenvalue weighted by molar-refractivity contribution is 6.35. The Bertz CT molecular complexity index is 131. The first-order chi connectivity index (χ1) is 7.35. The molecule has 0 saturated heterocycles. The maximum Gasteiger partial charge on any atom is 0.109 e. The van der Waals surface area contributed by atoms with Crippen molar-refractivity contribution in [3.05, 3.63) is 12.7 Å². The zero-order valence-electron chi connectivity index (χ0n) is 10.8. The molecule has 0 aliphatic rings. The molecule has 0 aliphatic heterocycles. The van der Waals surface area contributed by atoms with Crippen molar-refractivity contribution < 1.29 is 0 Å². The molecule has 0 spiro atoms. The van der Waals surface area contributed by atoms with Crippen LogP contribution < -0.4 is 0 Å². The highest BCUT2D eigenvalue weighted by Gasteiger charge is 2.03. The zero-order chi connectivity index (χ0) is 11.4. The van der Waals surface area contributed by atoms with Gasteiger partial charge in [0.15, 0.2) is 0 Å². The van der Waals surface area contributed by atoms with Gasteiger partial charge in [-0.2, -0.15) is 0 Å². The van der Waals surface area contributed by atoms with Gasteiger partial charge in [0.2, 0.25) is 0 Å². The Hall–Kier alpha value is -0.195. The third-order valence-corrected chi connectivity index (χ3v) is 3.12. The Balaban J connectivity index is 3.17. The van der Waals surface area contributed by atoms with E-state index in [1.807, 2.05) is 0 Å². The van der Waals surface area contributed by atoms with Crippen LogP contribution >= 0.6 is 0 Å². The Kier molecular flexibility index (Phi) is 11.7. The summed E-state index contributed by atoms with van der Waals surface area (Å²) in [6, 6.07) is 0. The molecule has 0 saturated carbocycles. The lowest BCUT2D eigenvalue weighted by atomic mass is 9.67. The summed E-state index contributed by atoms with van der Waals surface area (Å²) in [5.41, 5.74) is 0. The molecule has 1 heteroatoms. The fourth-order valence-electron chi connectivity index (χ4n) is 1.94. The fourth-order valence-corrected chi connectivity index (χ4v) is 1.94. The average molecular weight is 207 g/mol. The van der Waals surface area contributed by atoms with Crippen LogP contribution in [0, 0.1) is 5.92 Å². The Labute approximate surface area is 97.8 Å². The predicted octanol–water partition coefficient (Wildman–Crippen LogP) is 5.10. The summed E-state index contributed by atoms with van der Waals surface area (Å²) in [5.74, 6) is 0.870. The first-order valence-corrected chi connectivity index (χ1v) is 6.77. The van der Waals surface area contributed by atoms with Gasteiger partial charge in [-0.25, -0.2) is 0 Å². The summed E-state index contributed by atoms with van der Waals surface area (Å²) in [4.78, 5) is 0. The van der Waals surface area contributed by atoms with Crippen LogP contribution in [0.4, 0.5) is 0 Å². The van der Waals surface area contributed by atoms with E-state index in [1.165, 1.54) is 57.6 Å². The van der Waals surface area contributed by atoms with E-state index in [0.717, 1.165) is 5.92 Å². The van der Waals surface area contributed by atoms with Gasteiger partial charge in [-0.3, -0.25) is 0 Å². The standard InChI is InChI=1S/C14H28B/c1-4-7-8-9-12-15-13-11-14(6-3)10-5-2/h5,14H,2,4,6-13H2,1,3H3. The van der Waals surface area contributed by atoms with Gasteiger partial charge in [0.25, 0.3) is 0 Å². The lowest BCUT2D eigenvalue weighted by Gasteiger charge is -2.11. The Morgan fingerprint density at radius 2 is 1.93 bits per heavy atom. The smallest absolute Gasteiger partial charge is 0.103 e. The van der Waals surface area contributed by atoms with Crippen LogP contribution in [0.2, 0.25) is 12.6 Å². The highest BCUT2D eigenvalue weighted by Crippen LogP contribution is 2.16. The molecule has 0 aromatic rings. The normalized spacial score (nSPS) is 12.4. The van der Waals surface area contributed by atoms with Crippen LogP contribution in [0.15, 0.2) is 12.7 Å². The van der Waals surface area contributed by atoms with E-state index < -0.39 is 0 Å². The third kappa shape index (κ3) is 10.1. The zero-order valence-corrected chi connectivity index (χ0v) is 10.8. The molecule has 0 aromatic heterocycles. The largest absolute Gasteiger partial charge is 0.109 e. The van der Waals surface area contributed by atoms with E-state index in [0.29, 0.717) is 0 Å². The first-order valence-electron chi connectivity index (χ1n) is 6.77. The molecule has 0 fully saturated rings. The summed E-state index contributed by atoms with van der Waals surface area (Å²) in [7, 11) is 2.49. The summed E-state index contributed by atoms with van der Waals surface area (Å²) in [6.07, 6.45) is 14.1. The third-order valence-electron chi connectivity index (χ3n) is 3.12. The lowest BCUT2D eigenvalue weighted by molar-refractivity contribution is 0.499. The van der Waals surface area contributed by atoms with E-state index >= 15 is 0 Å². The quantitative estimate of drug-likeness (QED) is 0.251. The Morgan fingerprint density at radius 3 is 2.53 bits per heavy atom. The van der Waals surface area contributed by atoms with Crippen molar-refractivity contribution in [3.63, 3.8) is 0 Å². The average Bonchev–Trinajstić information content (AvgIpc) is 2.26. The molecule has 0 aliphatic carbocycles. The van der Waals surface area contributed by atoms with Crippen molar-refractivity contribution in [2.45, 2.75) is 71.4 Å². The van der Waals surface area contributed by atoms with Crippen LogP contribution in [0.25, 0.3) is 0 Å². The van der Waals surface area contributed by atoms with E-state index in [1.54, 1.807) is 0 Å². The second-order valence-electron chi connectivity index (χ2n) is 4.51. The van der Waals surface area contributed by atoms with Crippen LogP contribution in [-0.4, -0.2) is 7.28 Å². The van der Waals surface area contributed by atoms with Gasteiger partial charge in [-0.1, -0.05) is 71.1 Å². The Morgan fingerprint density at radius 1 is 1.13 bits per heavy atom. The SMILES string of the molecule is C=CCC(CC)CC[B]CCCCCC. The molecular weight excluding hydrogens is 179 g/mol. The molecule has 0 nitrogen and oxygen atoms in total. The van der Waals surface area contributed by atoms with Gasteiger partial charge in [-0.05, 0) is 12.3 Å². The van der Waals surface area contributed by atoms with E-state index in [2.05, 4.69) is 33.8 Å². The molecule has 1 unspecified atom stereocenters. The van der Waals surface area contributed by atoms with Crippen LogP contribution in [0.5, 0.6) is 0 Å². The second kappa shape index (κ2) is 11.9. The number of hydrogen-bond acceptors (Lipinski definition) is 0. The van der Waals surface area contributed by atoms with Crippen molar-refractivity contribution in [2.24, 2.45) is 5.92 Å². The molecule has 0 bridgehead atoms. The van der Waals surface area contributed by atoms with Crippen molar-refractivity contribution in [3.8, 4) is 0 Å². The molecule has 1 atom stereocenters. The molecule has 1 radical (unpaired) electrons. The predicted molar refractivity (Wildman–Crippen MR) is 72.7 cm³/mol. The summed E-state index contributed by atoms with van der Waals surface area (Å²) >= 11 is 0. The molecule has 0 heterocycles. The minimum Gasteiger partial charge on any atom is -0.103 e. The molecule has 0 amide bonds. The summed E-state index contributed by atoms with van der Waals surface area (Å²) < 4.78 is 0. The highest BCUT2D eigenvalue weighted by atomic mass is 14.0. The molecule has 15 heavy (non-hydrogen) atoms. The van der Waals surface area contributed by atoms with Gasteiger partial charge >= 0.3 is 0 Å². The maximum absolute atomic E-state index is 3.82. The number of unbranched alkanes of at least 4 members (excludes halogenated alkanes) is 3. The van der Waals surface area contributed by atoms with Crippen LogP contribution in [0.3, 0.4) is 0 Å². The maximum atomic E-state index is 3.82. The monoisotopic (exact) mass is 207 g/mol. The van der Waals surface area contributed by atoms with Gasteiger partial charge < -0.3 is 0 Å². The van der Waals surface area contributed by atoms with Crippen LogP contribution in [0.1, 0.15) is 58.8 Å². The molecular formula is C14H28B. The molecule has 87 valence electrons. The van der Waals surface area contributed by atoms with Crippen molar-refractivity contribution in [1.82, 2.24) is 0 Å². The summed E-state index contributed by atoms with van der Waals surface area (Å²) in [6.45, 7) is 8.37. The van der Waals surface area contributed by atoms with Gasteiger partial charge in [0.1, 0.15) is 7.28 Å². The van der Waals surface area contributed by atoms with Gasteiger partial charge in [-0.15, -0.1) is 6.58 Å². The topological polar surface area (TPSA) is 0 Å².